The molecule has 0 saturated heterocycles. The fourth-order valence-corrected chi connectivity index (χ4v) is 3.86. The fraction of sp³-hybridized carbons (Fsp3) is 0.364. The zero-order valence-corrected chi connectivity index (χ0v) is 18.0. The van der Waals surface area contributed by atoms with Crippen molar-refractivity contribution in [2.24, 2.45) is 0 Å². The van der Waals surface area contributed by atoms with E-state index in [4.69, 9.17) is 15.2 Å². The van der Waals surface area contributed by atoms with E-state index in [9.17, 15) is 18.0 Å². The van der Waals surface area contributed by atoms with Crippen LogP contribution in [0, 0.1) is 0 Å². The van der Waals surface area contributed by atoms with E-state index in [1.807, 2.05) is 6.92 Å². The van der Waals surface area contributed by atoms with Gasteiger partial charge in [0.2, 0.25) is 0 Å². The summed E-state index contributed by atoms with van der Waals surface area (Å²) in [6.07, 6.45) is -4.74. The van der Waals surface area contributed by atoms with Crippen LogP contribution in [0.25, 0.3) is 10.9 Å². The van der Waals surface area contributed by atoms with Crippen molar-refractivity contribution < 1.29 is 27.4 Å². The van der Waals surface area contributed by atoms with Gasteiger partial charge in [0.25, 0.3) is 5.91 Å². The number of benzene rings is 1. The van der Waals surface area contributed by atoms with Gasteiger partial charge in [-0.3, -0.25) is 4.79 Å². The second-order valence-electron chi connectivity index (χ2n) is 7.62. The maximum absolute atomic E-state index is 13.5. The van der Waals surface area contributed by atoms with Crippen LogP contribution in [0.4, 0.5) is 19.0 Å². The molecule has 174 valence electrons. The average molecular weight is 461 g/mol. The monoisotopic (exact) mass is 461 g/mol. The number of hydrogen-bond donors (Lipinski definition) is 1. The van der Waals surface area contributed by atoms with Gasteiger partial charge in [0.05, 0.1) is 31.0 Å². The number of pyridine rings is 1. The first-order chi connectivity index (χ1) is 15.7. The van der Waals surface area contributed by atoms with Crippen molar-refractivity contribution in [3.8, 4) is 0 Å². The Balaban J connectivity index is 1.68. The molecule has 1 aliphatic rings. The fourth-order valence-electron chi connectivity index (χ4n) is 3.86. The second-order valence-corrected chi connectivity index (χ2v) is 7.62. The van der Waals surface area contributed by atoms with Gasteiger partial charge in [0.1, 0.15) is 12.0 Å². The average Bonchev–Trinajstić information content (AvgIpc) is 3.29. The summed E-state index contributed by atoms with van der Waals surface area (Å²) in [5, 5.41) is 7.67. The maximum atomic E-state index is 13.5. The lowest BCUT2D eigenvalue weighted by molar-refractivity contribution is -0.141. The number of amides is 1. The molecule has 8 nitrogen and oxygen atoms in total. The molecule has 3 aromatic rings. The van der Waals surface area contributed by atoms with Crippen molar-refractivity contribution in [1.82, 2.24) is 20.1 Å². The minimum Gasteiger partial charge on any atom is -0.383 e. The summed E-state index contributed by atoms with van der Waals surface area (Å²) in [5.74, 6) is 0.0406. The molecule has 0 aliphatic carbocycles. The van der Waals surface area contributed by atoms with E-state index in [0.717, 1.165) is 22.6 Å². The minimum absolute atomic E-state index is 0.0738. The van der Waals surface area contributed by atoms with E-state index >= 15 is 0 Å². The molecule has 0 radical (unpaired) electrons. The van der Waals surface area contributed by atoms with Crippen LogP contribution < -0.4 is 5.73 Å². The zero-order chi connectivity index (χ0) is 23.8. The van der Waals surface area contributed by atoms with Crippen molar-refractivity contribution in [3.63, 3.8) is 0 Å². The molecule has 1 amide bonds. The molecule has 1 atom stereocenters. The molecule has 0 bridgehead atoms. The van der Waals surface area contributed by atoms with Crippen molar-refractivity contribution in [2.45, 2.75) is 45.5 Å². The quantitative estimate of drug-likeness (QED) is 0.559. The Morgan fingerprint density at radius 2 is 1.97 bits per heavy atom. The van der Waals surface area contributed by atoms with Crippen LogP contribution in [0.1, 0.15) is 46.2 Å². The first-order valence-corrected chi connectivity index (χ1v) is 10.2. The predicted octanol–water partition coefficient (Wildman–Crippen LogP) is 3.68. The number of carbonyl (C=O) groups excluding carboxylic acids is 1. The number of methoxy groups -OCH3 is 1. The number of nitrogens with zero attached hydrogens (tertiary/aromatic N) is 4. The summed E-state index contributed by atoms with van der Waals surface area (Å²) in [7, 11) is 1.46. The number of fused-ring (bicyclic) bond motifs is 3. The highest BCUT2D eigenvalue weighted by Crippen LogP contribution is 2.32. The van der Waals surface area contributed by atoms with Gasteiger partial charge in [0.15, 0.2) is 5.69 Å². The van der Waals surface area contributed by atoms with Crippen LogP contribution in [0.5, 0.6) is 0 Å². The maximum Gasteiger partial charge on any atom is 0.435 e. The van der Waals surface area contributed by atoms with Crippen LogP contribution in [-0.2, 0) is 35.4 Å². The van der Waals surface area contributed by atoms with E-state index in [1.165, 1.54) is 18.1 Å². The van der Waals surface area contributed by atoms with Crippen molar-refractivity contribution >= 4 is 22.6 Å². The predicted molar refractivity (Wildman–Crippen MR) is 113 cm³/mol. The normalized spacial score (nSPS) is 14.3. The number of aromatic nitrogens is 3. The van der Waals surface area contributed by atoms with Gasteiger partial charge in [-0.05, 0) is 42.3 Å². The third-order valence-corrected chi connectivity index (χ3v) is 5.55. The highest BCUT2D eigenvalue weighted by molar-refractivity contribution is 5.99. The lowest BCUT2D eigenvalue weighted by Gasteiger charge is -2.30. The van der Waals surface area contributed by atoms with Gasteiger partial charge in [-0.15, -0.1) is 5.10 Å². The molecule has 1 aromatic carbocycles. The highest BCUT2D eigenvalue weighted by atomic mass is 19.4. The van der Waals surface area contributed by atoms with Gasteiger partial charge in [0, 0.05) is 23.6 Å². The largest absolute Gasteiger partial charge is 0.435 e. The van der Waals surface area contributed by atoms with Crippen molar-refractivity contribution in [1.29, 1.82) is 0 Å². The molecule has 0 saturated carbocycles. The van der Waals surface area contributed by atoms with E-state index in [1.54, 1.807) is 18.2 Å². The smallest absolute Gasteiger partial charge is 0.383 e. The summed E-state index contributed by atoms with van der Waals surface area (Å²) < 4.78 is 49.4. The number of alkyl halides is 3. The van der Waals surface area contributed by atoms with Crippen LogP contribution in [0.2, 0.25) is 0 Å². The lowest BCUT2D eigenvalue weighted by atomic mass is 10.0. The zero-order valence-electron chi connectivity index (χ0n) is 18.0. The Labute approximate surface area is 187 Å². The van der Waals surface area contributed by atoms with Gasteiger partial charge in [-0.2, -0.15) is 18.3 Å². The third kappa shape index (κ3) is 4.46. The van der Waals surface area contributed by atoms with E-state index in [2.05, 4.69) is 15.2 Å². The Kier molecular flexibility index (Phi) is 6.17. The number of halogens is 3. The van der Waals surface area contributed by atoms with Gasteiger partial charge >= 0.3 is 6.18 Å². The first kappa shape index (κ1) is 22.9. The summed E-state index contributed by atoms with van der Waals surface area (Å²) in [4.78, 5) is 19.3. The Morgan fingerprint density at radius 3 is 2.61 bits per heavy atom. The third-order valence-electron chi connectivity index (χ3n) is 5.55. The van der Waals surface area contributed by atoms with Crippen LogP contribution >= 0.6 is 0 Å². The minimum atomic E-state index is -4.59. The van der Waals surface area contributed by atoms with E-state index in [0.29, 0.717) is 36.5 Å². The Bertz CT molecular complexity index is 1180. The van der Waals surface area contributed by atoms with Crippen LogP contribution in [0.3, 0.4) is 0 Å². The Morgan fingerprint density at radius 1 is 1.21 bits per heavy atom. The van der Waals surface area contributed by atoms with Crippen LogP contribution in [0.15, 0.2) is 30.3 Å². The van der Waals surface area contributed by atoms with E-state index < -0.39 is 18.1 Å². The lowest BCUT2D eigenvalue weighted by Crippen LogP contribution is -2.41. The molecular formula is C22H22F3N5O3. The molecule has 11 heteroatoms. The van der Waals surface area contributed by atoms with E-state index in [-0.39, 0.29) is 18.1 Å². The molecule has 33 heavy (non-hydrogen) atoms. The first-order valence-electron chi connectivity index (χ1n) is 10.2. The standard InChI is InChI=1S/C22H22F3N5O3/c1-3-19(32-2)30(9-13-5-7-18(29-28-13)22(23,24)25)21(31)12-4-6-17-14(8-12)15-10-33-11-16(15)20(26)27-17/h4-8,19H,3,9-11H2,1-2H3,(H2,26,27). The van der Waals surface area contributed by atoms with Gasteiger partial charge in [-0.1, -0.05) is 6.92 Å². The summed E-state index contributed by atoms with van der Waals surface area (Å²) in [6.45, 7) is 2.50. The van der Waals surface area contributed by atoms with Gasteiger partial charge < -0.3 is 20.1 Å². The number of anilines is 1. The number of carbonyl (C=O) groups is 1. The second kappa shape index (κ2) is 8.91. The molecule has 2 N–H and O–H groups in total. The topological polar surface area (TPSA) is 103 Å². The van der Waals surface area contributed by atoms with Crippen molar-refractivity contribution in [3.05, 3.63) is 58.4 Å². The number of ether oxygens (including phenoxy) is 2. The highest BCUT2D eigenvalue weighted by Gasteiger charge is 2.33. The van der Waals surface area contributed by atoms with Crippen molar-refractivity contribution in [2.75, 3.05) is 12.8 Å². The number of nitrogens with two attached hydrogens (primary N) is 1. The molecule has 0 spiro atoms. The SMILES string of the molecule is CCC(OC)N(Cc1ccc(C(F)(F)F)nn1)C(=O)c1ccc2nc(N)c3c(c2c1)COC3. The summed E-state index contributed by atoms with van der Waals surface area (Å²) in [6, 6.07) is 7.11. The Hall–Kier alpha value is -3.31. The molecule has 1 unspecified atom stereocenters. The van der Waals surface area contributed by atoms with Gasteiger partial charge in [-0.25, -0.2) is 4.98 Å². The number of nitrogen functional groups attached to an aromatic ring is 1. The molecule has 3 heterocycles. The number of rotatable bonds is 6. The number of hydrogen-bond acceptors (Lipinski definition) is 7. The molecule has 4 rings (SSSR count). The molecular weight excluding hydrogens is 439 g/mol. The molecule has 0 fully saturated rings. The van der Waals surface area contributed by atoms with Crippen LogP contribution in [-0.4, -0.2) is 39.3 Å². The summed E-state index contributed by atoms with van der Waals surface area (Å²) >= 11 is 0. The summed E-state index contributed by atoms with van der Waals surface area (Å²) in [5.41, 5.74) is 7.85. The molecule has 2 aromatic heterocycles. The molecule has 1 aliphatic heterocycles.